The number of hydrogen-bond acceptors (Lipinski definition) is 7. The molecule has 0 aromatic heterocycles. The van der Waals surface area contributed by atoms with Crippen molar-refractivity contribution in [2.45, 2.75) is 30.8 Å². The Morgan fingerprint density at radius 1 is 1.10 bits per heavy atom. The van der Waals surface area contributed by atoms with E-state index in [0.29, 0.717) is 12.0 Å². The van der Waals surface area contributed by atoms with Crippen LogP contribution in [0.2, 0.25) is 15.1 Å². The predicted molar refractivity (Wildman–Crippen MR) is 120 cm³/mol. The average molecular weight is 509 g/mol. The molecule has 0 saturated heterocycles. The van der Waals surface area contributed by atoms with E-state index in [-0.39, 0.29) is 33.0 Å². The number of nitrogens with zero attached hydrogens (tertiary/aromatic N) is 1. The number of aryl methyl sites for hydroxylation is 1. The van der Waals surface area contributed by atoms with Crippen LogP contribution in [0, 0.1) is 6.92 Å². The molecule has 1 atom stereocenters. The highest BCUT2D eigenvalue weighted by Crippen LogP contribution is 2.33. The van der Waals surface area contributed by atoms with Crippen LogP contribution >= 0.6 is 34.8 Å². The van der Waals surface area contributed by atoms with Crippen LogP contribution in [0.3, 0.4) is 0 Å². The predicted octanol–water partition coefficient (Wildman–Crippen LogP) is 5.30. The highest BCUT2D eigenvalue weighted by Gasteiger charge is 2.26. The van der Waals surface area contributed by atoms with E-state index in [2.05, 4.69) is 9.99 Å². The molecule has 0 bridgehead atoms. The third-order valence-corrected chi connectivity index (χ3v) is 6.54. The zero-order chi connectivity index (χ0) is 23.0. The third-order valence-electron chi connectivity index (χ3n) is 3.99. The Bertz CT molecular complexity index is 1040. The van der Waals surface area contributed by atoms with Crippen LogP contribution in [0.15, 0.2) is 46.4 Å². The fourth-order valence-electron chi connectivity index (χ4n) is 2.42. The van der Waals surface area contributed by atoms with Crippen LogP contribution < -0.4 is 0 Å². The van der Waals surface area contributed by atoms with Gasteiger partial charge in [0.05, 0.1) is 20.6 Å². The number of benzene rings is 2. The van der Waals surface area contributed by atoms with Crippen LogP contribution in [-0.4, -0.2) is 40.4 Å². The maximum atomic E-state index is 12.8. The lowest BCUT2D eigenvalue weighted by Gasteiger charge is -2.18. The molecule has 0 aliphatic heterocycles. The Kier molecular flexibility index (Phi) is 9.58. The summed E-state index contributed by atoms with van der Waals surface area (Å²) in [6.45, 7) is 1.57. The van der Waals surface area contributed by atoms with Gasteiger partial charge < -0.3 is 9.57 Å². The molecular formula is C20H20Cl3NO6S. The number of rotatable bonds is 10. The molecule has 0 amide bonds. The van der Waals surface area contributed by atoms with Crippen LogP contribution in [0.5, 0.6) is 0 Å². The fraction of sp³-hybridized carbons (Fsp3) is 0.300. The van der Waals surface area contributed by atoms with E-state index in [1.54, 1.807) is 24.3 Å². The maximum Gasteiger partial charge on any atom is 0.338 e. The number of carbonyl (C=O) groups is 1. The lowest BCUT2D eigenvalue weighted by Crippen LogP contribution is -2.26. The molecule has 0 saturated carbocycles. The van der Waals surface area contributed by atoms with Crippen LogP contribution in [0.1, 0.15) is 28.8 Å². The number of halogens is 3. The zero-order valence-corrected chi connectivity index (χ0v) is 19.8. The summed E-state index contributed by atoms with van der Waals surface area (Å²) in [5, 5.41) is 3.55. The number of carbonyl (C=O) groups excluding carboxylic acids is 1. The zero-order valence-electron chi connectivity index (χ0n) is 16.7. The smallest absolute Gasteiger partial charge is 0.338 e. The summed E-state index contributed by atoms with van der Waals surface area (Å²) in [5.41, 5.74) is 1.32. The minimum Gasteiger partial charge on any atom is -0.459 e. The molecule has 2 aromatic rings. The average Bonchev–Trinajstić information content (AvgIpc) is 2.71. The van der Waals surface area contributed by atoms with Gasteiger partial charge in [0.15, 0.2) is 0 Å². The van der Waals surface area contributed by atoms with E-state index in [9.17, 15) is 13.2 Å². The first-order valence-electron chi connectivity index (χ1n) is 9.00. The molecule has 0 heterocycles. The van der Waals surface area contributed by atoms with Crippen molar-refractivity contribution >= 4 is 57.1 Å². The molecule has 0 spiro atoms. The van der Waals surface area contributed by atoms with Crippen molar-refractivity contribution < 1.29 is 27.0 Å². The molecule has 0 aliphatic carbocycles. The molecule has 0 fully saturated rings. The molecule has 2 aromatic carbocycles. The molecule has 0 radical (unpaired) electrons. The number of oxime groups is 1. The quantitative estimate of drug-likeness (QED) is 0.142. The van der Waals surface area contributed by atoms with Gasteiger partial charge in [-0.15, -0.1) is 0 Å². The van der Waals surface area contributed by atoms with Crippen molar-refractivity contribution in [2.75, 3.05) is 13.7 Å². The minimum atomic E-state index is -4.33. The summed E-state index contributed by atoms with van der Waals surface area (Å²) in [7, 11) is -2.95. The van der Waals surface area contributed by atoms with Crippen LogP contribution in [0.25, 0.3) is 0 Å². The Morgan fingerprint density at radius 3 is 2.39 bits per heavy atom. The minimum absolute atomic E-state index is 0.00261. The second-order valence-electron chi connectivity index (χ2n) is 6.38. The van der Waals surface area contributed by atoms with Gasteiger partial charge in [-0.3, -0.25) is 4.18 Å². The molecule has 168 valence electrons. The number of hydrogen-bond donors (Lipinski definition) is 0. The summed E-state index contributed by atoms with van der Waals surface area (Å²) in [6, 6.07) is 9.07. The Balaban J connectivity index is 2.16. The maximum absolute atomic E-state index is 12.8. The summed E-state index contributed by atoms with van der Waals surface area (Å²) < 4.78 is 36.1. The topological polar surface area (TPSA) is 91.3 Å². The van der Waals surface area contributed by atoms with E-state index in [4.69, 9.17) is 43.7 Å². The molecule has 0 N–H and O–H groups in total. The van der Waals surface area contributed by atoms with Gasteiger partial charge in [0.2, 0.25) is 0 Å². The molecule has 31 heavy (non-hydrogen) atoms. The van der Waals surface area contributed by atoms with Gasteiger partial charge in [0, 0.05) is 6.21 Å². The van der Waals surface area contributed by atoms with Gasteiger partial charge in [0.1, 0.15) is 24.7 Å². The molecule has 2 rings (SSSR count). The lowest BCUT2D eigenvalue weighted by atomic mass is 10.1. The van der Waals surface area contributed by atoms with Gasteiger partial charge in [-0.25, -0.2) is 4.79 Å². The highest BCUT2D eigenvalue weighted by molar-refractivity contribution is 7.87. The van der Waals surface area contributed by atoms with Gasteiger partial charge in [0.25, 0.3) is 10.1 Å². The second kappa shape index (κ2) is 11.7. The lowest BCUT2D eigenvalue weighted by molar-refractivity contribution is 0.0311. The van der Waals surface area contributed by atoms with Crippen molar-refractivity contribution in [3.05, 3.63) is 62.6 Å². The number of esters is 1. The van der Waals surface area contributed by atoms with Crippen LogP contribution in [0.4, 0.5) is 0 Å². The Hall–Kier alpha value is -1.84. The van der Waals surface area contributed by atoms with E-state index in [0.717, 1.165) is 11.6 Å². The molecule has 0 aliphatic rings. The summed E-state index contributed by atoms with van der Waals surface area (Å²) in [4.78, 5) is 16.5. The van der Waals surface area contributed by atoms with Gasteiger partial charge in [-0.05, 0) is 44.0 Å². The SMILES string of the molecule is CON=CCCC(COC(=O)c1ccc(C)cc1)OS(=O)(=O)c1cc(Cl)c(Cl)cc1Cl. The first kappa shape index (κ1) is 25.4. The summed E-state index contributed by atoms with van der Waals surface area (Å²) in [6.07, 6.45) is 0.919. The van der Waals surface area contributed by atoms with Gasteiger partial charge in [-0.2, -0.15) is 8.42 Å². The summed E-state index contributed by atoms with van der Waals surface area (Å²) >= 11 is 17.8. The van der Waals surface area contributed by atoms with Crippen molar-refractivity contribution in [2.24, 2.45) is 5.16 Å². The first-order valence-corrected chi connectivity index (χ1v) is 11.5. The van der Waals surface area contributed by atoms with Crippen molar-refractivity contribution in [1.29, 1.82) is 0 Å². The standard InChI is InChI=1S/C20H20Cl3NO6S/c1-13-5-7-14(8-6-13)20(25)29-12-15(4-3-9-24-28-2)30-31(26,27)19-11-17(22)16(21)10-18(19)23/h5-11,15H,3-4,12H2,1-2H3. The number of ether oxygens (including phenoxy) is 1. The van der Waals surface area contributed by atoms with E-state index >= 15 is 0 Å². The van der Waals surface area contributed by atoms with Gasteiger partial charge in [-0.1, -0.05) is 57.7 Å². The third kappa shape index (κ3) is 7.66. The van der Waals surface area contributed by atoms with E-state index < -0.39 is 22.2 Å². The highest BCUT2D eigenvalue weighted by atomic mass is 35.5. The monoisotopic (exact) mass is 507 g/mol. The van der Waals surface area contributed by atoms with Gasteiger partial charge >= 0.3 is 5.97 Å². The largest absolute Gasteiger partial charge is 0.459 e. The van der Waals surface area contributed by atoms with E-state index in [1.807, 2.05) is 6.92 Å². The summed E-state index contributed by atoms with van der Waals surface area (Å²) in [5.74, 6) is -0.607. The molecule has 7 nitrogen and oxygen atoms in total. The van der Waals surface area contributed by atoms with Crippen molar-refractivity contribution in [3.8, 4) is 0 Å². The fourth-order valence-corrected chi connectivity index (χ4v) is 4.48. The van der Waals surface area contributed by atoms with Crippen molar-refractivity contribution in [1.82, 2.24) is 0 Å². The molecular weight excluding hydrogens is 489 g/mol. The molecule has 1 unspecified atom stereocenters. The normalized spacial score (nSPS) is 12.7. The Morgan fingerprint density at radius 2 is 1.74 bits per heavy atom. The second-order valence-corrected chi connectivity index (χ2v) is 9.14. The Labute approximate surface area is 196 Å². The van der Waals surface area contributed by atoms with Crippen LogP contribution in [-0.2, 0) is 23.9 Å². The molecule has 11 heteroatoms. The first-order chi connectivity index (χ1) is 14.6. The van der Waals surface area contributed by atoms with E-state index in [1.165, 1.54) is 19.4 Å². The van der Waals surface area contributed by atoms with Crippen molar-refractivity contribution in [3.63, 3.8) is 0 Å².